The molecule has 80 valence electrons. The van der Waals surface area contributed by atoms with Crippen LogP contribution in [0, 0.1) is 0 Å². The van der Waals surface area contributed by atoms with Gasteiger partial charge in [0.2, 0.25) is 0 Å². The number of aliphatic hydroxyl groups is 1. The molecular formula is C12H14O3. The lowest BCUT2D eigenvalue weighted by Gasteiger charge is -2.01. The molecule has 0 saturated heterocycles. The summed E-state index contributed by atoms with van der Waals surface area (Å²) in [5.41, 5.74) is 2.82. The zero-order valence-electron chi connectivity index (χ0n) is 8.53. The first kappa shape index (κ1) is 10.2. The Bertz CT molecular complexity index is 371. The Labute approximate surface area is 88.7 Å². The lowest BCUT2D eigenvalue weighted by Crippen LogP contribution is -1.96. The van der Waals surface area contributed by atoms with Gasteiger partial charge >= 0.3 is 5.97 Å². The first-order valence-corrected chi connectivity index (χ1v) is 5.21. The summed E-state index contributed by atoms with van der Waals surface area (Å²) < 4.78 is 4.92. The summed E-state index contributed by atoms with van der Waals surface area (Å²) in [5.74, 6) is -0.214. The third-order valence-corrected chi connectivity index (χ3v) is 2.63. The third kappa shape index (κ3) is 2.18. The van der Waals surface area contributed by atoms with Crippen LogP contribution in [-0.4, -0.2) is 17.7 Å². The predicted octanol–water partition coefficient (Wildman–Crippen LogP) is 1.67. The molecule has 0 aromatic heterocycles. The highest BCUT2D eigenvalue weighted by Gasteiger charge is 2.20. The number of carbonyl (C=O) groups is 1. The van der Waals surface area contributed by atoms with E-state index in [1.54, 1.807) is 0 Å². The lowest BCUT2D eigenvalue weighted by molar-refractivity contribution is 0.0535. The number of ether oxygens (including phenoxy) is 1. The molecule has 15 heavy (non-hydrogen) atoms. The number of rotatable bonds is 4. The van der Waals surface area contributed by atoms with Crippen LogP contribution in [0.1, 0.15) is 34.3 Å². The average Bonchev–Trinajstić information content (AvgIpc) is 2.61. The average molecular weight is 206 g/mol. The van der Waals surface area contributed by atoms with Gasteiger partial charge in [-0.15, -0.1) is 0 Å². The van der Waals surface area contributed by atoms with Crippen LogP contribution >= 0.6 is 0 Å². The van der Waals surface area contributed by atoms with Crippen molar-refractivity contribution in [3.8, 4) is 0 Å². The van der Waals surface area contributed by atoms with E-state index in [1.165, 1.54) is 0 Å². The summed E-state index contributed by atoms with van der Waals surface area (Å²) in [4.78, 5) is 11.3. The number of benzene rings is 1. The van der Waals surface area contributed by atoms with Gasteiger partial charge in [-0.1, -0.05) is 12.1 Å². The molecule has 1 heterocycles. The molecule has 1 N–H and O–H groups in total. The number of unbranched alkanes of at least 4 members (excludes halogenated alkanes) is 1. The van der Waals surface area contributed by atoms with Crippen molar-refractivity contribution in [3.05, 3.63) is 34.9 Å². The topological polar surface area (TPSA) is 46.5 Å². The minimum absolute atomic E-state index is 0.214. The van der Waals surface area contributed by atoms with E-state index < -0.39 is 0 Å². The number of hydrogen-bond donors (Lipinski definition) is 1. The number of carbonyl (C=O) groups excluding carboxylic acids is 1. The van der Waals surface area contributed by atoms with E-state index in [9.17, 15) is 4.79 Å². The van der Waals surface area contributed by atoms with Gasteiger partial charge in [0.25, 0.3) is 0 Å². The molecular weight excluding hydrogens is 192 g/mol. The van der Waals surface area contributed by atoms with Gasteiger partial charge in [-0.3, -0.25) is 0 Å². The van der Waals surface area contributed by atoms with E-state index in [2.05, 4.69) is 0 Å². The molecule has 0 bridgehead atoms. The number of fused-ring (bicyclic) bond motifs is 1. The minimum atomic E-state index is -0.214. The SMILES string of the molecule is O=C1OCc2ccc(CCCCO)cc21. The summed E-state index contributed by atoms with van der Waals surface area (Å²) >= 11 is 0. The number of aryl methyl sites for hydroxylation is 1. The Morgan fingerprint density at radius 3 is 3.00 bits per heavy atom. The van der Waals surface area contributed by atoms with E-state index in [0.29, 0.717) is 12.2 Å². The molecule has 3 nitrogen and oxygen atoms in total. The molecule has 0 radical (unpaired) electrons. The Hall–Kier alpha value is -1.35. The zero-order chi connectivity index (χ0) is 10.7. The van der Waals surface area contributed by atoms with Crippen molar-refractivity contribution in [2.75, 3.05) is 6.61 Å². The first-order chi connectivity index (χ1) is 7.31. The van der Waals surface area contributed by atoms with Gasteiger partial charge in [0, 0.05) is 12.2 Å². The van der Waals surface area contributed by atoms with Gasteiger partial charge in [0.1, 0.15) is 6.61 Å². The summed E-state index contributed by atoms with van der Waals surface area (Å²) in [6.45, 7) is 0.637. The van der Waals surface area contributed by atoms with E-state index >= 15 is 0 Å². The van der Waals surface area contributed by atoms with Gasteiger partial charge in [0.15, 0.2) is 0 Å². The monoisotopic (exact) mass is 206 g/mol. The van der Waals surface area contributed by atoms with Gasteiger partial charge < -0.3 is 9.84 Å². The normalized spacial score (nSPS) is 13.8. The second kappa shape index (κ2) is 4.45. The summed E-state index contributed by atoms with van der Waals surface area (Å²) in [6, 6.07) is 5.88. The third-order valence-electron chi connectivity index (χ3n) is 2.63. The Morgan fingerprint density at radius 2 is 2.20 bits per heavy atom. The van der Waals surface area contributed by atoms with Crippen LogP contribution in [0.15, 0.2) is 18.2 Å². The molecule has 2 rings (SSSR count). The van der Waals surface area contributed by atoms with Crippen molar-refractivity contribution in [1.29, 1.82) is 0 Å². The van der Waals surface area contributed by atoms with Crippen molar-refractivity contribution < 1.29 is 14.6 Å². The molecule has 0 amide bonds. The summed E-state index contributed by atoms with van der Waals surface area (Å²) in [7, 11) is 0. The molecule has 1 aliphatic heterocycles. The number of aliphatic hydroxyl groups excluding tert-OH is 1. The summed E-state index contributed by atoms with van der Waals surface area (Å²) in [5, 5.41) is 8.67. The van der Waals surface area contributed by atoms with E-state index in [1.807, 2.05) is 18.2 Å². The fourth-order valence-corrected chi connectivity index (χ4v) is 1.76. The van der Waals surface area contributed by atoms with Crippen molar-refractivity contribution in [2.45, 2.75) is 25.9 Å². The maximum absolute atomic E-state index is 11.3. The molecule has 1 aromatic rings. The molecule has 3 heteroatoms. The van der Waals surface area contributed by atoms with Crippen molar-refractivity contribution >= 4 is 5.97 Å². The number of esters is 1. The number of cyclic esters (lactones) is 1. The van der Waals surface area contributed by atoms with Crippen LogP contribution in [0.4, 0.5) is 0 Å². The predicted molar refractivity (Wildman–Crippen MR) is 55.6 cm³/mol. The maximum atomic E-state index is 11.3. The zero-order valence-corrected chi connectivity index (χ0v) is 8.53. The standard InChI is InChI=1S/C12H14O3/c13-6-2-1-3-9-4-5-10-8-15-12(14)11(10)7-9/h4-5,7,13H,1-3,6,8H2. The molecule has 0 spiro atoms. The van der Waals surface area contributed by atoms with Crippen LogP contribution < -0.4 is 0 Å². The highest BCUT2D eigenvalue weighted by Crippen LogP contribution is 2.21. The second-order valence-electron chi connectivity index (χ2n) is 3.75. The summed E-state index contributed by atoms with van der Waals surface area (Å²) in [6.07, 6.45) is 2.66. The van der Waals surface area contributed by atoms with Gasteiger partial charge in [0.05, 0.1) is 5.56 Å². The van der Waals surface area contributed by atoms with E-state index in [4.69, 9.17) is 9.84 Å². The van der Waals surface area contributed by atoms with Crippen LogP contribution in [0.25, 0.3) is 0 Å². The van der Waals surface area contributed by atoms with Crippen LogP contribution in [0.5, 0.6) is 0 Å². The highest BCUT2D eigenvalue weighted by molar-refractivity contribution is 5.93. The Morgan fingerprint density at radius 1 is 1.33 bits per heavy atom. The Kier molecular flexibility index (Phi) is 3.02. The Balaban J connectivity index is 2.08. The van der Waals surface area contributed by atoms with Crippen molar-refractivity contribution in [1.82, 2.24) is 0 Å². The molecule has 1 aliphatic rings. The second-order valence-corrected chi connectivity index (χ2v) is 3.75. The molecule has 0 fully saturated rings. The molecule has 0 aliphatic carbocycles. The van der Waals surface area contributed by atoms with Gasteiger partial charge in [-0.25, -0.2) is 4.79 Å². The van der Waals surface area contributed by atoms with E-state index in [0.717, 1.165) is 30.4 Å². The molecule has 0 atom stereocenters. The van der Waals surface area contributed by atoms with Crippen molar-refractivity contribution in [3.63, 3.8) is 0 Å². The van der Waals surface area contributed by atoms with Crippen LogP contribution in [-0.2, 0) is 17.8 Å². The van der Waals surface area contributed by atoms with Gasteiger partial charge in [-0.05, 0) is 30.9 Å². The molecule has 0 saturated carbocycles. The largest absolute Gasteiger partial charge is 0.457 e. The molecule has 0 unspecified atom stereocenters. The fourth-order valence-electron chi connectivity index (χ4n) is 1.76. The van der Waals surface area contributed by atoms with Crippen LogP contribution in [0.2, 0.25) is 0 Å². The smallest absolute Gasteiger partial charge is 0.338 e. The minimum Gasteiger partial charge on any atom is -0.457 e. The van der Waals surface area contributed by atoms with E-state index in [-0.39, 0.29) is 12.6 Å². The first-order valence-electron chi connectivity index (χ1n) is 5.21. The lowest BCUT2D eigenvalue weighted by atomic mass is 10.0. The maximum Gasteiger partial charge on any atom is 0.338 e. The van der Waals surface area contributed by atoms with Crippen LogP contribution in [0.3, 0.4) is 0 Å². The highest BCUT2D eigenvalue weighted by atomic mass is 16.5. The van der Waals surface area contributed by atoms with Crippen molar-refractivity contribution in [2.24, 2.45) is 0 Å². The fraction of sp³-hybridized carbons (Fsp3) is 0.417. The quantitative estimate of drug-likeness (QED) is 0.602. The molecule has 1 aromatic carbocycles. The van der Waals surface area contributed by atoms with Gasteiger partial charge in [-0.2, -0.15) is 0 Å². The number of hydrogen-bond acceptors (Lipinski definition) is 3.